The molecule has 0 bridgehead atoms. The summed E-state index contributed by atoms with van der Waals surface area (Å²) in [5.41, 5.74) is 5.24. The second-order valence-electron chi connectivity index (χ2n) is 5.49. The highest BCUT2D eigenvalue weighted by Gasteiger charge is 2.15. The molecule has 0 N–H and O–H groups in total. The minimum atomic E-state index is 0.274. The summed E-state index contributed by atoms with van der Waals surface area (Å²) in [7, 11) is 0. The van der Waals surface area contributed by atoms with Crippen LogP contribution < -0.4 is 9.47 Å². The van der Waals surface area contributed by atoms with Crippen molar-refractivity contribution in [1.82, 2.24) is 0 Å². The van der Waals surface area contributed by atoms with Crippen LogP contribution in [0.2, 0.25) is 0 Å². The number of hydrogen-bond donors (Lipinski definition) is 0. The summed E-state index contributed by atoms with van der Waals surface area (Å²) in [6.45, 7) is 5.56. The number of rotatable bonds is 3. The van der Waals surface area contributed by atoms with Gasteiger partial charge < -0.3 is 9.47 Å². The lowest BCUT2D eigenvalue weighted by molar-refractivity contribution is 0.171. The maximum atomic E-state index is 5.65. The molecule has 0 aromatic heterocycles. The van der Waals surface area contributed by atoms with Gasteiger partial charge in [0.25, 0.3) is 0 Å². The number of ether oxygens (including phenoxy) is 2. The maximum absolute atomic E-state index is 5.65. The van der Waals surface area contributed by atoms with Crippen molar-refractivity contribution in [2.45, 2.75) is 25.1 Å². The van der Waals surface area contributed by atoms with E-state index >= 15 is 0 Å². The molecule has 2 nitrogen and oxygen atoms in total. The zero-order chi connectivity index (χ0) is 14.8. The van der Waals surface area contributed by atoms with Gasteiger partial charge >= 0.3 is 0 Å². The Morgan fingerprint density at radius 3 is 2.48 bits per heavy atom. The molecule has 0 radical (unpaired) electrons. The molecule has 0 spiro atoms. The molecule has 110 valence electrons. The van der Waals surface area contributed by atoms with Crippen molar-refractivity contribution in [2.24, 2.45) is 0 Å². The van der Waals surface area contributed by atoms with E-state index in [-0.39, 0.29) is 4.83 Å². The number of aryl methyl sites for hydroxylation is 2. The van der Waals surface area contributed by atoms with Gasteiger partial charge in [-0.25, -0.2) is 0 Å². The SMILES string of the molecule is Cc1ccc(CC(Br)c2ccc3c(c2)OCCO3)cc1C. The molecular weight excluding hydrogens is 328 g/mol. The second kappa shape index (κ2) is 6.10. The van der Waals surface area contributed by atoms with Crippen LogP contribution in [0.15, 0.2) is 36.4 Å². The molecule has 21 heavy (non-hydrogen) atoms. The summed E-state index contributed by atoms with van der Waals surface area (Å²) in [6, 6.07) is 12.8. The van der Waals surface area contributed by atoms with Crippen LogP contribution in [0.5, 0.6) is 11.5 Å². The van der Waals surface area contributed by atoms with Crippen LogP contribution in [-0.2, 0) is 6.42 Å². The first-order chi connectivity index (χ1) is 10.1. The standard InChI is InChI=1S/C18H19BrO2/c1-12-3-4-14(9-13(12)2)10-16(19)15-5-6-17-18(11-15)21-8-7-20-17/h3-6,9,11,16H,7-8,10H2,1-2H3. The molecule has 0 fully saturated rings. The number of halogens is 1. The summed E-state index contributed by atoms with van der Waals surface area (Å²) >= 11 is 3.80. The quantitative estimate of drug-likeness (QED) is 0.746. The van der Waals surface area contributed by atoms with E-state index in [2.05, 4.69) is 60.1 Å². The van der Waals surface area contributed by atoms with Crippen LogP contribution in [0.3, 0.4) is 0 Å². The van der Waals surface area contributed by atoms with Crippen LogP contribution in [0.1, 0.15) is 27.1 Å². The van der Waals surface area contributed by atoms with E-state index in [1.807, 2.05) is 6.07 Å². The zero-order valence-electron chi connectivity index (χ0n) is 12.4. The molecule has 3 rings (SSSR count). The highest BCUT2D eigenvalue weighted by molar-refractivity contribution is 9.09. The lowest BCUT2D eigenvalue weighted by atomic mass is 10.00. The Morgan fingerprint density at radius 1 is 0.952 bits per heavy atom. The Balaban J connectivity index is 1.78. The van der Waals surface area contributed by atoms with Gasteiger partial charge in [0, 0.05) is 4.83 Å². The van der Waals surface area contributed by atoms with Gasteiger partial charge in [-0.2, -0.15) is 0 Å². The van der Waals surface area contributed by atoms with Gasteiger partial charge in [-0.05, 0) is 54.7 Å². The maximum Gasteiger partial charge on any atom is 0.161 e. The fraction of sp³-hybridized carbons (Fsp3) is 0.333. The molecule has 1 heterocycles. The summed E-state index contributed by atoms with van der Waals surface area (Å²) in [6.07, 6.45) is 0.959. The lowest BCUT2D eigenvalue weighted by Crippen LogP contribution is -2.15. The van der Waals surface area contributed by atoms with Crippen molar-refractivity contribution in [3.63, 3.8) is 0 Å². The van der Waals surface area contributed by atoms with Crippen LogP contribution >= 0.6 is 15.9 Å². The van der Waals surface area contributed by atoms with Crippen molar-refractivity contribution in [3.8, 4) is 11.5 Å². The molecule has 2 aromatic carbocycles. The highest BCUT2D eigenvalue weighted by Crippen LogP contribution is 2.36. The van der Waals surface area contributed by atoms with Crippen LogP contribution in [0.4, 0.5) is 0 Å². The normalized spacial score (nSPS) is 14.8. The predicted octanol–water partition coefficient (Wildman–Crippen LogP) is 4.75. The molecule has 0 saturated carbocycles. The largest absolute Gasteiger partial charge is 0.486 e. The van der Waals surface area contributed by atoms with Crippen molar-refractivity contribution < 1.29 is 9.47 Å². The molecule has 1 unspecified atom stereocenters. The zero-order valence-corrected chi connectivity index (χ0v) is 13.9. The van der Waals surface area contributed by atoms with E-state index in [0.29, 0.717) is 13.2 Å². The first kappa shape index (κ1) is 14.5. The Hall–Kier alpha value is -1.48. The van der Waals surface area contributed by atoms with Gasteiger partial charge in [-0.15, -0.1) is 0 Å². The Labute approximate surface area is 134 Å². The number of alkyl halides is 1. The monoisotopic (exact) mass is 346 g/mol. The van der Waals surface area contributed by atoms with Gasteiger partial charge in [0.1, 0.15) is 13.2 Å². The minimum absolute atomic E-state index is 0.274. The van der Waals surface area contributed by atoms with Gasteiger partial charge in [0.15, 0.2) is 11.5 Å². The molecule has 1 aliphatic heterocycles. The van der Waals surface area contributed by atoms with Gasteiger partial charge in [0.05, 0.1) is 0 Å². The second-order valence-corrected chi connectivity index (χ2v) is 6.60. The number of hydrogen-bond acceptors (Lipinski definition) is 2. The van der Waals surface area contributed by atoms with E-state index in [4.69, 9.17) is 9.47 Å². The van der Waals surface area contributed by atoms with E-state index in [9.17, 15) is 0 Å². The van der Waals surface area contributed by atoms with Gasteiger partial charge in [0.2, 0.25) is 0 Å². The summed E-state index contributed by atoms with van der Waals surface area (Å²) in [5.74, 6) is 1.69. The summed E-state index contributed by atoms with van der Waals surface area (Å²) in [5, 5.41) is 0. The van der Waals surface area contributed by atoms with E-state index in [0.717, 1.165) is 17.9 Å². The van der Waals surface area contributed by atoms with E-state index in [1.165, 1.54) is 22.3 Å². The van der Waals surface area contributed by atoms with Crippen molar-refractivity contribution >= 4 is 15.9 Å². The molecule has 1 aliphatic rings. The fourth-order valence-corrected chi connectivity index (χ4v) is 3.17. The third kappa shape index (κ3) is 3.24. The first-order valence-corrected chi connectivity index (χ1v) is 8.15. The van der Waals surface area contributed by atoms with Crippen molar-refractivity contribution in [2.75, 3.05) is 13.2 Å². The average Bonchev–Trinajstić information content (AvgIpc) is 2.50. The van der Waals surface area contributed by atoms with Crippen LogP contribution in [0, 0.1) is 13.8 Å². The molecular formula is C18H19BrO2. The minimum Gasteiger partial charge on any atom is -0.486 e. The molecule has 0 amide bonds. The van der Waals surface area contributed by atoms with E-state index < -0.39 is 0 Å². The highest BCUT2D eigenvalue weighted by atomic mass is 79.9. The third-order valence-electron chi connectivity index (χ3n) is 3.91. The average molecular weight is 347 g/mol. The van der Waals surface area contributed by atoms with E-state index in [1.54, 1.807) is 0 Å². The molecule has 3 heteroatoms. The third-order valence-corrected chi connectivity index (χ3v) is 4.77. The lowest BCUT2D eigenvalue weighted by Gasteiger charge is -2.20. The molecule has 0 aliphatic carbocycles. The first-order valence-electron chi connectivity index (χ1n) is 7.23. The predicted molar refractivity (Wildman–Crippen MR) is 88.7 cm³/mol. The van der Waals surface area contributed by atoms with Gasteiger partial charge in [-0.1, -0.05) is 40.2 Å². The fourth-order valence-electron chi connectivity index (χ4n) is 2.51. The smallest absolute Gasteiger partial charge is 0.161 e. The Bertz CT molecular complexity index is 652. The van der Waals surface area contributed by atoms with Crippen LogP contribution in [-0.4, -0.2) is 13.2 Å². The molecule has 0 saturated heterocycles. The van der Waals surface area contributed by atoms with Crippen LogP contribution in [0.25, 0.3) is 0 Å². The van der Waals surface area contributed by atoms with Gasteiger partial charge in [-0.3, -0.25) is 0 Å². The number of fused-ring (bicyclic) bond motifs is 1. The summed E-state index contributed by atoms with van der Waals surface area (Å²) < 4.78 is 11.2. The summed E-state index contributed by atoms with van der Waals surface area (Å²) in [4.78, 5) is 0.274. The molecule has 1 atom stereocenters. The number of benzene rings is 2. The topological polar surface area (TPSA) is 18.5 Å². The molecule has 2 aromatic rings. The van der Waals surface area contributed by atoms with Crippen molar-refractivity contribution in [1.29, 1.82) is 0 Å². The Morgan fingerprint density at radius 2 is 1.71 bits per heavy atom. The Kier molecular flexibility index (Phi) is 4.20. The van der Waals surface area contributed by atoms with Crippen molar-refractivity contribution in [3.05, 3.63) is 58.7 Å².